The Morgan fingerprint density at radius 3 is 2.64 bits per heavy atom. The Morgan fingerprint density at radius 2 is 1.96 bits per heavy atom. The summed E-state index contributed by atoms with van der Waals surface area (Å²) in [5.41, 5.74) is 7.50. The largest absolute Gasteiger partial charge is 0.292 e. The third-order valence-electron chi connectivity index (χ3n) is 3.92. The molecule has 2 aromatic heterocycles. The van der Waals surface area contributed by atoms with Crippen molar-refractivity contribution < 1.29 is 4.79 Å². The van der Waals surface area contributed by atoms with Gasteiger partial charge in [-0.05, 0) is 49.2 Å². The Balaban J connectivity index is 1.59. The normalized spacial score (nSPS) is 13.5. The molecule has 2 heterocycles. The Morgan fingerprint density at radius 1 is 1.16 bits per heavy atom. The number of amides is 1. The summed E-state index contributed by atoms with van der Waals surface area (Å²) < 4.78 is 2.74. The van der Waals surface area contributed by atoms with Crippen LogP contribution in [0.15, 0.2) is 53.1 Å². The lowest BCUT2D eigenvalue weighted by Gasteiger charge is -2.09. The van der Waals surface area contributed by atoms with Gasteiger partial charge in [-0.2, -0.15) is 0 Å². The van der Waals surface area contributed by atoms with E-state index < -0.39 is 0 Å². The van der Waals surface area contributed by atoms with Gasteiger partial charge in [-0.1, -0.05) is 27.2 Å². The first kappa shape index (κ1) is 15.8. The van der Waals surface area contributed by atoms with Crippen molar-refractivity contribution in [1.29, 1.82) is 0 Å². The van der Waals surface area contributed by atoms with E-state index >= 15 is 0 Å². The van der Waals surface area contributed by atoms with E-state index in [-0.39, 0.29) is 5.91 Å². The van der Waals surface area contributed by atoms with E-state index in [0.29, 0.717) is 17.4 Å². The first-order valence-corrected chi connectivity index (χ1v) is 8.70. The molecule has 0 spiro atoms. The highest BCUT2D eigenvalue weighted by molar-refractivity contribution is 9.10. The molecule has 1 saturated carbocycles. The molecule has 0 saturated heterocycles. The fraction of sp³-hybridized carbons (Fsp3) is 0.176. The molecule has 0 bridgehead atoms. The molecule has 1 aliphatic rings. The van der Waals surface area contributed by atoms with Crippen molar-refractivity contribution >= 4 is 27.7 Å². The van der Waals surface area contributed by atoms with E-state index in [1.807, 2.05) is 36.4 Å². The number of hydrogen-bond acceptors (Lipinski definition) is 5. The molecular formula is C17H15BrN6O. The molecule has 8 heteroatoms. The predicted octanol–water partition coefficient (Wildman–Crippen LogP) is 3.06. The van der Waals surface area contributed by atoms with Gasteiger partial charge in [-0.25, -0.2) is 9.67 Å². The number of rotatable bonds is 5. The van der Waals surface area contributed by atoms with Crippen molar-refractivity contribution in [2.45, 2.75) is 18.8 Å². The van der Waals surface area contributed by atoms with E-state index in [1.54, 1.807) is 16.9 Å². The van der Waals surface area contributed by atoms with Crippen LogP contribution in [0, 0.1) is 0 Å². The zero-order chi connectivity index (χ0) is 17.2. The van der Waals surface area contributed by atoms with E-state index in [0.717, 1.165) is 28.7 Å². The van der Waals surface area contributed by atoms with Crippen LogP contribution in [0.3, 0.4) is 0 Å². The highest BCUT2D eigenvalue weighted by atomic mass is 79.9. The maximum absolute atomic E-state index is 12.5. The summed E-state index contributed by atoms with van der Waals surface area (Å²) in [7, 11) is 0. The van der Waals surface area contributed by atoms with Gasteiger partial charge in [0.25, 0.3) is 5.91 Å². The number of nitrogens with one attached hydrogen (secondary N) is 2. The number of halogens is 1. The Kier molecular flexibility index (Phi) is 4.19. The zero-order valence-corrected chi connectivity index (χ0v) is 14.8. The minimum Gasteiger partial charge on any atom is -0.282 e. The predicted molar refractivity (Wildman–Crippen MR) is 96.4 cm³/mol. The summed E-state index contributed by atoms with van der Waals surface area (Å²) in [6.45, 7) is 0. The fourth-order valence-corrected chi connectivity index (χ4v) is 2.83. The van der Waals surface area contributed by atoms with Gasteiger partial charge in [0, 0.05) is 16.6 Å². The van der Waals surface area contributed by atoms with Crippen LogP contribution in [-0.4, -0.2) is 25.9 Å². The number of aromatic nitrogens is 4. The van der Waals surface area contributed by atoms with Crippen LogP contribution in [-0.2, 0) is 0 Å². The number of benzene rings is 1. The average Bonchev–Trinajstić information content (AvgIpc) is 3.39. The van der Waals surface area contributed by atoms with E-state index in [2.05, 4.69) is 42.1 Å². The second kappa shape index (κ2) is 6.64. The molecule has 2 N–H and O–H groups in total. The lowest BCUT2D eigenvalue weighted by Crippen LogP contribution is -2.30. The molecule has 0 radical (unpaired) electrons. The lowest BCUT2D eigenvalue weighted by atomic mass is 10.2. The summed E-state index contributed by atoms with van der Waals surface area (Å²) in [4.78, 5) is 16.6. The van der Waals surface area contributed by atoms with Gasteiger partial charge in [-0.3, -0.25) is 15.6 Å². The Hall–Kier alpha value is -2.74. The smallest absolute Gasteiger partial charge is 0.282 e. The number of anilines is 1. The monoisotopic (exact) mass is 398 g/mol. The van der Waals surface area contributed by atoms with Crippen molar-refractivity contribution in [2.75, 3.05) is 5.43 Å². The summed E-state index contributed by atoms with van der Waals surface area (Å²) in [5.74, 6) is 0.550. The maximum atomic E-state index is 12.5. The molecule has 4 rings (SSSR count). The molecule has 1 fully saturated rings. The second-order valence-corrected chi connectivity index (χ2v) is 6.70. The maximum Gasteiger partial charge on any atom is 0.292 e. The standard InChI is InChI=1S/C17H15BrN6O/c18-12-6-8-13(9-7-12)24-16(11-4-5-11)15(21-23-24)17(25)22-20-14-3-1-2-10-19-14/h1-3,6-11H,4-5H2,(H,19,20)(H,22,25). The molecule has 0 atom stereocenters. The average molecular weight is 399 g/mol. The van der Waals surface area contributed by atoms with Gasteiger partial charge in [-0.15, -0.1) is 5.10 Å². The highest BCUT2D eigenvalue weighted by Gasteiger charge is 2.34. The summed E-state index contributed by atoms with van der Waals surface area (Å²) >= 11 is 3.43. The van der Waals surface area contributed by atoms with Crippen molar-refractivity contribution in [1.82, 2.24) is 25.4 Å². The SMILES string of the molecule is O=C(NNc1ccccn1)c1nnn(-c2ccc(Br)cc2)c1C1CC1. The number of hydrazine groups is 1. The minimum atomic E-state index is -0.323. The van der Waals surface area contributed by atoms with Crippen LogP contribution in [0.1, 0.15) is 34.9 Å². The van der Waals surface area contributed by atoms with Crippen LogP contribution < -0.4 is 10.9 Å². The van der Waals surface area contributed by atoms with Crippen LogP contribution in [0.2, 0.25) is 0 Å². The van der Waals surface area contributed by atoms with Gasteiger partial charge < -0.3 is 0 Å². The molecule has 25 heavy (non-hydrogen) atoms. The van der Waals surface area contributed by atoms with Crippen molar-refractivity contribution in [3.63, 3.8) is 0 Å². The van der Waals surface area contributed by atoms with E-state index in [4.69, 9.17) is 0 Å². The summed E-state index contributed by atoms with van der Waals surface area (Å²) in [6.07, 6.45) is 3.73. The van der Waals surface area contributed by atoms with Gasteiger partial charge in [0.15, 0.2) is 5.69 Å². The zero-order valence-electron chi connectivity index (χ0n) is 13.2. The van der Waals surface area contributed by atoms with Crippen LogP contribution in [0.5, 0.6) is 0 Å². The van der Waals surface area contributed by atoms with Gasteiger partial charge in [0.05, 0.1) is 11.4 Å². The Bertz CT molecular complexity index is 889. The third kappa shape index (κ3) is 3.39. The molecule has 1 aliphatic carbocycles. The molecule has 7 nitrogen and oxygen atoms in total. The summed E-state index contributed by atoms with van der Waals surface area (Å²) in [6, 6.07) is 13.2. The summed E-state index contributed by atoms with van der Waals surface area (Å²) in [5, 5.41) is 8.32. The molecule has 0 aliphatic heterocycles. The van der Waals surface area contributed by atoms with E-state index in [1.165, 1.54) is 0 Å². The number of pyridine rings is 1. The molecule has 0 unspecified atom stereocenters. The van der Waals surface area contributed by atoms with Crippen molar-refractivity contribution in [2.24, 2.45) is 0 Å². The third-order valence-corrected chi connectivity index (χ3v) is 4.45. The van der Waals surface area contributed by atoms with Crippen molar-refractivity contribution in [3.05, 3.63) is 64.5 Å². The molecule has 3 aromatic rings. The first-order valence-electron chi connectivity index (χ1n) is 7.91. The van der Waals surface area contributed by atoms with Crippen molar-refractivity contribution in [3.8, 4) is 5.69 Å². The van der Waals surface area contributed by atoms with Gasteiger partial charge in [0.2, 0.25) is 0 Å². The van der Waals surface area contributed by atoms with Gasteiger partial charge in [0.1, 0.15) is 5.82 Å². The quantitative estimate of drug-likeness (QED) is 0.645. The van der Waals surface area contributed by atoms with E-state index in [9.17, 15) is 4.79 Å². The van der Waals surface area contributed by atoms with Crippen LogP contribution in [0.4, 0.5) is 5.82 Å². The topological polar surface area (TPSA) is 84.7 Å². The number of carbonyl (C=O) groups is 1. The first-order chi connectivity index (χ1) is 12.2. The number of nitrogens with zero attached hydrogens (tertiary/aromatic N) is 4. The minimum absolute atomic E-state index is 0.314. The van der Waals surface area contributed by atoms with Crippen LogP contribution in [0.25, 0.3) is 5.69 Å². The highest BCUT2D eigenvalue weighted by Crippen LogP contribution is 2.42. The Labute approximate surface area is 152 Å². The van der Waals surface area contributed by atoms with Gasteiger partial charge >= 0.3 is 0 Å². The second-order valence-electron chi connectivity index (χ2n) is 5.78. The lowest BCUT2D eigenvalue weighted by molar-refractivity contribution is 0.0956. The molecule has 1 amide bonds. The molecular weight excluding hydrogens is 384 g/mol. The molecule has 126 valence electrons. The number of carbonyl (C=O) groups excluding carboxylic acids is 1. The number of hydrogen-bond donors (Lipinski definition) is 2. The van der Waals surface area contributed by atoms with Crippen LogP contribution >= 0.6 is 15.9 Å². The molecule has 1 aromatic carbocycles. The fourth-order valence-electron chi connectivity index (χ4n) is 2.56.